The summed E-state index contributed by atoms with van der Waals surface area (Å²) >= 11 is 0. The van der Waals surface area contributed by atoms with Crippen LogP contribution in [-0.4, -0.2) is 25.8 Å². The van der Waals surface area contributed by atoms with Gasteiger partial charge in [0.1, 0.15) is 0 Å². The summed E-state index contributed by atoms with van der Waals surface area (Å²) in [6.07, 6.45) is 0. The molecule has 0 radical (unpaired) electrons. The number of hydrogen-bond donors (Lipinski definition) is 2. The van der Waals surface area contributed by atoms with E-state index < -0.39 is 20.9 Å². The molecule has 56 valence electrons. The van der Waals surface area contributed by atoms with Gasteiger partial charge in [0.05, 0.1) is 6.54 Å². The number of rotatable bonds is 0. The Hall–Kier alpha value is -0.950. The third-order valence-electron chi connectivity index (χ3n) is 0.928. The summed E-state index contributed by atoms with van der Waals surface area (Å²) in [7, 11) is -3.91. The molecule has 0 aromatic carbocycles. The molecule has 0 bridgehead atoms. The number of ketones is 1. The Labute approximate surface area is 57.1 Å². The van der Waals surface area contributed by atoms with Crippen LogP contribution in [0.4, 0.5) is 0 Å². The van der Waals surface area contributed by atoms with Crippen molar-refractivity contribution in [2.45, 2.75) is 0 Å². The third kappa shape index (κ3) is 1.14. The number of sulfonamides is 1. The molecule has 0 saturated heterocycles. The van der Waals surface area contributed by atoms with E-state index in [2.05, 4.69) is 15.7 Å². The molecule has 7 heteroatoms. The van der Waals surface area contributed by atoms with Gasteiger partial charge < -0.3 is 5.43 Å². The highest BCUT2D eigenvalue weighted by atomic mass is 32.2. The first kappa shape index (κ1) is 7.16. The van der Waals surface area contributed by atoms with Gasteiger partial charge in [0.25, 0.3) is 10.0 Å². The lowest BCUT2D eigenvalue weighted by molar-refractivity contribution is -0.111. The minimum Gasteiger partial charge on any atom is -0.301 e. The summed E-state index contributed by atoms with van der Waals surface area (Å²) in [5.41, 5.74) is 2.21. The highest BCUT2D eigenvalue weighted by Crippen LogP contribution is 1.93. The Morgan fingerprint density at radius 3 is 2.40 bits per heavy atom. The summed E-state index contributed by atoms with van der Waals surface area (Å²) in [5.74, 6) is -0.595. The largest absolute Gasteiger partial charge is 0.301 e. The van der Waals surface area contributed by atoms with Gasteiger partial charge in [-0.05, 0) is 0 Å². The lowest BCUT2D eigenvalue weighted by atomic mass is 10.5. The summed E-state index contributed by atoms with van der Waals surface area (Å²) in [4.78, 5) is 10.6. The van der Waals surface area contributed by atoms with E-state index in [0.29, 0.717) is 0 Å². The molecule has 0 atom stereocenters. The molecular formula is C3H5N3O3S. The molecule has 0 aromatic rings. The molecule has 0 fully saturated rings. The number of nitrogens with two attached hydrogens (primary N) is 1. The minimum absolute atomic E-state index is 0.0915. The number of Topliss-reactive ketones (excluding diaryl/α,β-unsaturated/α-hetero) is 1. The summed E-state index contributed by atoms with van der Waals surface area (Å²) < 4.78 is 20.9. The molecule has 0 spiro atoms. The Bertz CT molecular complexity index is 290. The van der Waals surface area contributed by atoms with Gasteiger partial charge in [-0.25, -0.2) is 13.6 Å². The molecule has 1 heterocycles. The monoisotopic (exact) mass is 163 g/mol. The molecule has 1 rings (SSSR count). The van der Waals surface area contributed by atoms with Gasteiger partial charge in [-0.15, -0.1) is 0 Å². The van der Waals surface area contributed by atoms with Crippen molar-refractivity contribution < 1.29 is 13.2 Å². The molecule has 0 saturated carbocycles. The highest BCUT2D eigenvalue weighted by Gasteiger charge is 2.26. The zero-order valence-electron chi connectivity index (χ0n) is 4.86. The van der Waals surface area contributed by atoms with Gasteiger partial charge in [0.2, 0.25) is 10.8 Å². The van der Waals surface area contributed by atoms with Crippen LogP contribution in [-0.2, 0) is 14.8 Å². The van der Waals surface area contributed by atoms with Crippen LogP contribution in [0.3, 0.4) is 0 Å². The molecule has 0 aromatic heterocycles. The average Bonchev–Trinajstić information content (AvgIpc) is 2.11. The Morgan fingerprint density at radius 1 is 1.60 bits per heavy atom. The summed E-state index contributed by atoms with van der Waals surface area (Å²) in [6, 6.07) is 0. The molecular weight excluding hydrogens is 158 g/mol. The van der Waals surface area contributed by atoms with Crippen molar-refractivity contribution in [3.8, 4) is 0 Å². The fourth-order valence-electron chi connectivity index (χ4n) is 0.543. The summed E-state index contributed by atoms with van der Waals surface area (Å²) in [5, 5.41) is 7.21. The van der Waals surface area contributed by atoms with E-state index in [4.69, 9.17) is 0 Å². The summed E-state index contributed by atoms with van der Waals surface area (Å²) in [6.45, 7) is -0.0915. The number of nitrogens with zero attached hydrogens (tertiary/aromatic N) is 1. The Kier molecular flexibility index (Phi) is 1.45. The van der Waals surface area contributed by atoms with Crippen LogP contribution in [0.15, 0.2) is 5.10 Å². The van der Waals surface area contributed by atoms with Crippen molar-refractivity contribution in [3.05, 3.63) is 0 Å². The number of hydrazone groups is 1. The fraction of sp³-hybridized carbons (Fsp3) is 0.333. The second-order valence-corrected chi connectivity index (χ2v) is 3.20. The van der Waals surface area contributed by atoms with E-state index in [0.717, 1.165) is 0 Å². The Morgan fingerprint density at radius 2 is 2.20 bits per heavy atom. The quantitative estimate of drug-likeness (QED) is 0.421. The highest BCUT2D eigenvalue weighted by molar-refractivity contribution is 8.06. The maximum Gasteiger partial charge on any atom is 0.261 e. The first-order valence-electron chi connectivity index (χ1n) is 2.38. The van der Waals surface area contributed by atoms with Crippen molar-refractivity contribution in [2.24, 2.45) is 10.2 Å². The molecule has 0 amide bonds. The van der Waals surface area contributed by atoms with Crippen LogP contribution >= 0.6 is 0 Å². The molecule has 0 unspecified atom stereocenters. The smallest absolute Gasteiger partial charge is 0.261 e. The predicted octanol–water partition coefficient (Wildman–Crippen LogP) is -2.24. The van der Waals surface area contributed by atoms with Crippen LogP contribution in [0, 0.1) is 0 Å². The van der Waals surface area contributed by atoms with Gasteiger partial charge in [0.15, 0.2) is 0 Å². The second kappa shape index (κ2) is 2.03. The number of carbonyl (C=O) groups is 1. The van der Waals surface area contributed by atoms with E-state index in [9.17, 15) is 13.2 Å². The van der Waals surface area contributed by atoms with Crippen molar-refractivity contribution in [1.82, 2.24) is 5.43 Å². The first-order chi connectivity index (χ1) is 4.52. The standard InChI is InChI=1S/C3H5N3O3S/c4-10(8,9)3-2(7)1-5-6-3/h5H,1H2,(H2,4,8,9). The lowest BCUT2D eigenvalue weighted by Crippen LogP contribution is -2.28. The van der Waals surface area contributed by atoms with Gasteiger partial charge in [-0.1, -0.05) is 0 Å². The number of nitrogens with one attached hydrogen (secondary N) is 1. The zero-order valence-corrected chi connectivity index (χ0v) is 5.68. The second-order valence-electron chi connectivity index (χ2n) is 1.72. The lowest BCUT2D eigenvalue weighted by Gasteiger charge is -1.88. The number of hydrogen-bond acceptors (Lipinski definition) is 5. The van der Waals surface area contributed by atoms with Gasteiger partial charge in [0, 0.05) is 0 Å². The molecule has 1 aliphatic rings. The maximum atomic E-state index is 10.6. The van der Waals surface area contributed by atoms with Gasteiger partial charge in [-0.2, -0.15) is 5.10 Å². The minimum atomic E-state index is -3.91. The van der Waals surface area contributed by atoms with Crippen LogP contribution in [0.5, 0.6) is 0 Å². The van der Waals surface area contributed by atoms with Crippen molar-refractivity contribution in [2.75, 3.05) is 6.54 Å². The van der Waals surface area contributed by atoms with E-state index in [1.807, 2.05) is 0 Å². The SMILES string of the molecule is NS(=O)(=O)C1=NNCC1=O. The first-order valence-corrected chi connectivity index (χ1v) is 3.93. The molecule has 3 N–H and O–H groups in total. The normalized spacial score (nSPS) is 18.5. The van der Waals surface area contributed by atoms with E-state index in [1.165, 1.54) is 0 Å². The third-order valence-corrected chi connectivity index (χ3v) is 1.79. The zero-order chi connectivity index (χ0) is 7.78. The maximum absolute atomic E-state index is 10.6. The average molecular weight is 163 g/mol. The fourth-order valence-corrected chi connectivity index (χ4v) is 1.12. The van der Waals surface area contributed by atoms with Crippen molar-refractivity contribution in [3.63, 3.8) is 0 Å². The van der Waals surface area contributed by atoms with Gasteiger partial charge in [-0.3, -0.25) is 4.79 Å². The number of primary sulfonamides is 1. The van der Waals surface area contributed by atoms with Crippen molar-refractivity contribution in [1.29, 1.82) is 0 Å². The predicted molar refractivity (Wildman–Crippen MR) is 33.6 cm³/mol. The topological polar surface area (TPSA) is 102 Å². The molecule has 6 nitrogen and oxygen atoms in total. The van der Waals surface area contributed by atoms with Gasteiger partial charge >= 0.3 is 0 Å². The van der Waals surface area contributed by atoms with Crippen LogP contribution < -0.4 is 10.6 Å². The molecule has 1 aliphatic heterocycles. The molecule has 0 aliphatic carbocycles. The Balaban J connectivity index is 3.06. The van der Waals surface area contributed by atoms with Crippen molar-refractivity contribution >= 4 is 20.9 Å². The molecule has 10 heavy (non-hydrogen) atoms. The van der Waals surface area contributed by atoms with E-state index in [1.54, 1.807) is 0 Å². The van der Waals surface area contributed by atoms with E-state index >= 15 is 0 Å². The van der Waals surface area contributed by atoms with Crippen LogP contribution in [0.1, 0.15) is 0 Å². The van der Waals surface area contributed by atoms with Crippen LogP contribution in [0.25, 0.3) is 0 Å². The van der Waals surface area contributed by atoms with E-state index in [-0.39, 0.29) is 6.54 Å². The van der Waals surface area contributed by atoms with Crippen LogP contribution in [0.2, 0.25) is 0 Å². The number of carbonyl (C=O) groups excluding carboxylic acids is 1.